The van der Waals surface area contributed by atoms with E-state index >= 15 is 0 Å². The van der Waals surface area contributed by atoms with Gasteiger partial charge in [0.15, 0.2) is 5.76 Å². The van der Waals surface area contributed by atoms with Gasteiger partial charge < -0.3 is 24.6 Å². The Morgan fingerprint density at radius 3 is 2.65 bits per heavy atom. The van der Waals surface area contributed by atoms with Gasteiger partial charge in [0.25, 0.3) is 11.8 Å². The van der Waals surface area contributed by atoms with Crippen LogP contribution in [-0.4, -0.2) is 42.5 Å². The van der Waals surface area contributed by atoms with Gasteiger partial charge in [-0.05, 0) is 35.0 Å². The number of aromatic nitrogens is 1. The summed E-state index contributed by atoms with van der Waals surface area (Å²) < 4.78 is 23.2. The van der Waals surface area contributed by atoms with Gasteiger partial charge in [0, 0.05) is 16.8 Å². The molecule has 3 heterocycles. The lowest BCUT2D eigenvalue weighted by Gasteiger charge is -2.36. The highest BCUT2D eigenvalue weighted by Crippen LogP contribution is 2.42. The zero-order valence-electron chi connectivity index (χ0n) is 16.4. The monoisotopic (exact) mass is 441 g/mol. The first kappa shape index (κ1) is 19.4. The molecular formula is C22H17ClFN3O4. The number of hydrogen-bond acceptors (Lipinski definition) is 6. The van der Waals surface area contributed by atoms with Gasteiger partial charge >= 0.3 is 0 Å². The number of hydrogen-bond donors (Lipinski definition) is 2. The van der Waals surface area contributed by atoms with E-state index in [0.717, 1.165) is 11.3 Å². The summed E-state index contributed by atoms with van der Waals surface area (Å²) in [6.07, 6.45) is -0.780. The number of aliphatic hydroxyl groups excluding tert-OH is 1. The second-order valence-corrected chi connectivity index (χ2v) is 7.75. The van der Waals surface area contributed by atoms with Gasteiger partial charge in [-0.1, -0.05) is 23.7 Å². The molecule has 0 radical (unpaired) electrons. The number of aliphatic hydroxyl groups is 1. The largest absolute Gasteiger partial charge is 0.504 e. The van der Waals surface area contributed by atoms with E-state index in [-0.39, 0.29) is 23.0 Å². The fourth-order valence-electron chi connectivity index (χ4n) is 3.72. The Morgan fingerprint density at radius 2 is 2.00 bits per heavy atom. The molecule has 7 nitrogen and oxygen atoms in total. The smallest absolute Gasteiger partial charge is 0.260 e. The van der Waals surface area contributed by atoms with E-state index in [1.807, 2.05) is 29.2 Å². The van der Waals surface area contributed by atoms with E-state index in [2.05, 4.69) is 10.5 Å². The lowest BCUT2D eigenvalue weighted by atomic mass is 9.97. The van der Waals surface area contributed by atoms with Crippen LogP contribution in [-0.2, 0) is 4.79 Å². The first-order valence-corrected chi connectivity index (χ1v) is 9.91. The van der Waals surface area contributed by atoms with Gasteiger partial charge in [-0.15, -0.1) is 0 Å². The van der Waals surface area contributed by atoms with Crippen LogP contribution >= 0.6 is 11.6 Å². The molecule has 0 unspecified atom stereocenters. The van der Waals surface area contributed by atoms with E-state index in [0.29, 0.717) is 34.9 Å². The maximum atomic E-state index is 13.1. The molecule has 2 aliphatic rings. The molecule has 31 heavy (non-hydrogen) atoms. The van der Waals surface area contributed by atoms with Crippen molar-refractivity contribution in [3.8, 4) is 17.0 Å². The van der Waals surface area contributed by atoms with E-state index in [9.17, 15) is 14.3 Å². The molecular weight excluding hydrogens is 425 g/mol. The first-order chi connectivity index (χ1) is 14.9. The number of ether oxygens (including phenoxy) is 1. The van der Waals surface area contributed by atoms with Crippen molar-refractivity contribution in [3.05, 3.63) is 58.8 Å². The molecule has 9 heteroatoms. The summed E-state index contributed by atoms with van der Waals surface area (Å²) in [5.74, 6) is -0.644. The van der Waals surface area contributed by atoms with Crippen molar-refractivity contribution >= 4 is 40.2 Å². The lowest BCUT2D eigenvalue weighted by Crippen LogP contribution is -2.48. The summed E-state index contributed by atoms with van der Waals surface area (Å²) in [4.78, 5) is 14.5. The third-order valence-electron chi connectivity index (χ3n) is 5.40. The number of fused-ring (bicyclic) bond motifs is 1. The topological polar surface area (TPSA) is 87.8 Å². The van der Waals surface area contributed by atoms with Gasteiger partial charge in [-0.2, -0.15) is 0 Å². The van der Waals surface area contributed by atoms with E-state index in [4.69, 9.17) is 20.9 Å². The molecule has 0 saturated carbocycles. The second kappa shape index (κ2) is 7.31. The number of rotatable bonds is 4. The Morgan fingerprint density at radius 1 is 1.26 bits per heavy atom. The van der Waals surface area contributed by atoms with Crippen molar-refractivity contribution in [2.75, 3.05) is 30.4 Å². The highest BCUT2D eigenvalue weighted by atomic mass is 35.5. The minimum Gasteiger partial charge on any atom is -0.504 e. The standard InChI is InChI=1S/C22H17ClFN3O4/c1-30-19-8-18(31-26-19)21(28)20-15-6-14(16(23)7-17(15)25-22(20)29)11-2-4-13(5-3-11)27-9-12(24)10-27/h2-8,12,28H,9-10H2,1H3,(H,25,29). The molecule has 0 spiro atoms. The maximum Gasteiger partial charge on any atom is 0.260 e. The number of alkyl halides is 1. The number of carbonyl (C=O) groups is 1. The predicted octanol–water partition coefficient (Wildman–Crippen LogP) is 4.54. The molecule has 0 aliphatic carbocycles. The Kier molecular flexibility index (Phi) is 4.59. The Hall–Kier alpha value is -3.52. The highest BCUT2D eigenvalue weighted by Gasteiger charge is 2.31. The Balaban J connectivity index is 1.54. The Bertz CT molecular complexity index is 1220. The normalized spacial score (nSPS) is 17.3. The molecule has 2 aliphatic heterocycles. The molecule has 3 aromatic rings. The van der Waals surface area contributed by atoms with Crippen LogP contribution in [0.3, 0.4) is 0 Å². The van der Waals surface area contributed by atoms with E-state index in [1.54, 1.807) is 12.1 Å². The van der Waals surface area contributed by atoms with Gasteiger partial charge in [0.1, 0.15) is 6.17 Å². The first-order valence-electron chi connectivity index (χ1n) is 9.53. The third-order valence-corrected chi connectivity index (χ3v) is 5.71. The summed E-state index contributed by atoms with van der Waals surface area (Å²) in [7, 11) is 1.42. The second-order valence-electron chi connectivity index (χ2n) is 7.34. The number of amides is 1. The zero-order chi connectivity index (χ0) is 21.7. The van der Waals surface area contributed by atoms with E-state index < -0.39 is 12.1 Å². The van der Waals surface area contributed by atoms with Crippen LogP contribution in [0.4, 0.5) is 15.8 Å². The minimum absolute atomic E-state index is 0.0106. The van der Waals surface area contributed by atoms with Crippen LogP contribution < -0.4 is 15.0 Å². The Labute approximate surface area is 181 Å². The number of nitrogens with zero attached hydrogens (tertiary/aromatic N) is 2. The minimum atomic E-state index is -0.780. The quantitative estimate of drug-likeness (QED) is 0.456. The van der Waals surface area contributed by atoms with Gasteiger partial charge in [0.2, 0.25) is 5.76 Å². The molecule has 2 aromatic carbocycles. The van der Waals surface area contributed by atoms with Crippen LogP contribution in [0, 0.1) is 0 Å². The molecule has 1 fully saturated rings. The van der Waals surface area contributed by atoms with Crippen LogP contribution in [0.15, 0.2) is 47.0 Å². The zero-order valence-corrected chi connectivity index (χ0v) is 17.1. The number of benzene rings is 2. The average molecular weight is 442 g/mol. The van der Waals surface area contributed by atoms with Crippen LogP contribution in [0.1, 0.15) is 11.3 Å². The van der Waals surface area contributed by atoms with Gasteiger partial charge in [0.05, 0.1) is 42.5 Å². The number of anilines is 2. The van der Waals surface area contributed by atoms with E-state index in [1.165, 1.54) is 13.2 Å². The summed E-state index contributed by atoms with van der Waals surface area (Å²) in [5.41, 5.74) is 3.48. The predicted molar refractivity (Wildman–Crippen MR) is 115 cm³/mol. The van der Waals surface area contributed by atoms with Crippen molar-refractivity contribution < 1.29 is 23.6 Å². The van der Waals surface area contributed by atoms with Gasteiger partial charge in [-0.25, -0.2) is 4.39 Å². The average Bonchev–Trinajstić information content (AvgIpc) is 3.34. The van der Waals surface area contributed by atoms with Crippen molar-refractivity contribution in [1.82, 2.24) is 5.16 Å². The van der Waals surface area contributed by atoms with Crippen molar-refractivity contribution in [2.24, 2.45) is 0 Å². The number of nitrogens with one attached hydrogen (secondary N) is 1. The van der Waals surface area contributed by atoms with Crippen LogP contribution in [0.5, 0.6) is 5.88 Å². The summed E-state index contributed by atoms with van der Waals surface area (Å²) in [6.45, 7) is 0.791. The number of methoxy groups -OCH3 is 1. The van der Waals surface area contributed by atoms with Crippen molar-refractivity contribution in [2.45, 2.75) is 6.17 Å². The molecule has 1 amide bonds. The summed E-state index contributed by atoms with van der Waals surface area (Å²) >= 11 is 6.48. The van der Waals surface area contributed by atoms with Crippen LogP contribution in [0.2, 0.25) is 5.02 Å². The fourth-order valence-corrected chi connectivity index (χ4v) is 4.00. The summed E-state index contributed by atoms with van der Waals surface area (Å²) in [6, 6.07) is 12.4. The molecule has 1 saturated heterocycles. The molecule has 0 atom stereocenters. The molecule has 5 rings (SSSR count). The molecule has 158 valence electrons. The number of carbonyl (C=O) groups excluding carboxylic acids is 1. The lowest BCUT2D eigenvalue weighted by molar-refractivity contribution is -0.110. The van der Waals surface area contributed by atoms with Crippen LogP contribution in [0.25, 0.3) is 22.5 Å². The third kappa shape index (κ3) is 3.29. The highest BCUT2D eigenvalue weighted by molar-refractivity contribution is 6.38. The van der Waals surface area contributed by atoms with Crippen molar-refractivity contribution in [1.29, 1.82) is 0 Å². The van der Waals surface area contributed by atoms with Gasteiger partial charge in [-0.3, -0.25) is 4.79 Å². The summed E-state index contributed by atoms with van der Waals surface area (Å²) in [5, 5.41) is 17.5. The molecule has 0 bridgehead atoms. The molecule has 2 N–H and O–H groups in total. The SMILES string of the molecule is COc1cc(C(O)=C2C(=O)Nc3cc(Cl)c(-c4ccc(N5CC(F)C5)cc4)cc32)on1. The fraction of sp³-hybridized carbons (Fsp3) is 0.182. The van der Waals surface area contributed by atoms with Crippen molar-refractivity contribution in [3.63, 3.8) is 0 Å². The number of halogens is 2. The maximum absolute atomic E-state index is 13.1. The molecule has 1 aromatic heterocycles.